The number of esters is 1. The van der Waals surface area contributed by atoms with Crippen LogP contribution in [0.2, 0.25) is 0 Å². The van der Waals surface area contributed by atoms with Crippen LogP contribution in [-0.2, 0) is 29.0 Å². The molecule has 7 nitrogen and oxygen atoms in total. The Bertz CT molecular complexity index is 1130. The zero-order valence-electron chi connectivity index (χ0n) is 18.8. The molecule has 2 aliphatic heterocycles. The molecule has 1 fully saturated rings. The maximum absolute atomic E-state index is 14.4. The van der Waals surface area contributed by atoms with Crippen molar-refractivity contribution in [3.8, 4) is 11.8 Å². The third kappa shape index (κ3) is 4.83. The number of halogens is 1. The van der Waals surface area contributed by atoms with Crippen LogP contribution in [0.4, 0.5) is 4.39 Å². The number of rotatable bonds is 6. The summed E-state index contributed by atoms with van der Waals surface area (Å²) in [5.74, 6) is -0.711. The molecule has 2 heterocycles. The molecule has 0 aromatic heterocycles. The Morgan fingerprint density at radius 2 is 2.12 bits per heavy atom. The SMILES string of the molecule is COc1cc(CC(=O)N2CCN(CCc3ccc4c(c3)COC4=O)C(C)C2)c(F)cc1C#N. The minimum Gasteiger partial charge on any atom is -0.495 e. The summed E-state index contributed by atoms with van der Waals surface area (Å²) in [6.45, 7) is 5.15. The summed E-state index contributed by atoms with van der Waals surface area (Å²) in [7, 11) is 1.41. The third-order valence-electron chi connectivity index (χ3n) is 6.38. The summed E-state index contributed by atoms with van der Waals surface area (Å²) in [5.41, 5.74) is 3.08. The molecule has 0 radical (unpaired) electrons. The number of benzene rings is 2. The van der Waals surface area contributed by atoms with Crippen molar-refractivity contribution < 1.29 is 23.5 Å². The Morgan fingerprint density at radius 1 is 1.30 bits per heavy atom. The second kappa shape index (κ2) is 9.59. The molecule has 2 aromatic rings. The summed E-state index contributed by atoms with van der Waals surface area (Å²) in [4.78, 5) is 28.5. The lowest BCUT2D eigenvalue weighted by molar-refractivity contribution is -0.133. The summed E-state index contributed by atoms with van der Waals surface area (Å²) in [6.07, 6.45) is 0.770. The van der Waals surface area contributed by atoms with E-state index in [4.69, 9.17) is 14.7 Å². The van der Waals surface area contributed by atoms with Crippen molar-refractivity contribution in [1.82, 2.24) is 9.80 Å². The van der Waals surface area contributed by atoms with E-state index in [1.165, 1.54) is 13.2 Å². The van der Waals surface area contributed by atoms with Gasteiger partial charge in [-0.15, -0.1) is 0 Å². The lowest BCUT2D eigenvalue weighted by atomic mass is 10.0. The van der Waals surface area contributed by atoms with E-state index in [1.807, 2.05) is 24.3 Å². The minimum atomic E-state index is -0.575. The molecule has 0 aliphatic carbocycles. The van der Waals surface area contributed by atoms with Gasteiger partial charge in [0.1, 0.15) is 24.2 Å². The monoisotopic (exact) mass is 451 g/mol. The van der Waals surface area contributed by atoms with Gasteiger partial charge in [0.2, 0.25) is 5.91 Å². The van der Waals surface area contributed by atoms with E-state index < -0.39 is 5.82 Å². The Balaban J connectivity index is 1.32. The Morgan fingerprint density at radius 3 is 2.85 bits per heavy atom. The molecule has 8 heteroatoms. The highest BCUT2D eigenvalue weighted by molar-refractivity contribution is 5.93. The number of fused-ring (bicyclic) bond motifs is 1. The molecular weight excluding hydrogens is 425 g/mol. The number of ether oxygens (including phenoxy) is 2. The number of cyclic esters (lactones) is 1. The number of amides is 1. The topological polar surface area (TPSA) is 82.9 Å². The lowest BCUT2D eigenvalue weighted by Crippen LogP contribution is -2.54. The van der Waals surface area contributed by atoms with Crippen LogP contribution >= 0.6 is 0 Å². The van der Waals surface area contributed by atoms with Gasteiger partial charge in [0.25, 0.3) is 0 Å². The van der Waals surface area contributed by atoms with Crippen molar-refractivity contribution in [3.05, 3.63) is 64.0 Å². The predicted octanol–water partition coefficient (Wildman–Crippen LogP) is 2.69. The molecule has 1 amide bonds. The van der Waals surface area contributed by atoms with Crippen LogP contribution in [0, 0.1) is 17.1 Å². The maximum atomic E-state index is 14.4. The van der Waals surface area contributed by atoms with E-state index in [9.17, 15) is 14.0 Å². The van der Waals surface area contributed by atoms with Crippen LogP contribution in [0.3, 0.4) is 0 Å². The Kier molecular flexibility index (Phi) is 6.61. The van der Waals surface area contributed by atoms with E-state index in [0.717, 1.165) is 36.7 Å². The molecule has 0 N–H and O–H groups in total. The molecule has 1 unspecified atom stereocenters. The normalized spacial score (nSPS) is 17.9. The first-order valence-electron chi connectivity index (χ1n) is 11.0. The quantitative estimate of drug-likeness (QED) is 0.628. The van der Waals surface area contributed by atoms with Crippen LogP contribution in [0.25, 0.3) is 0 Å². The molecule has 1 atom stereocenters. The molecule has 2 aliphatic rings. The first-order chi connectivity index (χ1) is 15.9. The second-order valence-electron chi connectivity index (χ2n) is 8.47. The Labute approximate surface area is 192 Å². The summed E-state index contributed by atoms with van der Waals surface area (Å²) < 4.78 is 24.6. The van der Waals surface area contributed by atoms with Gasteiger partial charge < -0.3 is 14.4 Å². The highest BCUT2D eigenvalue weighted by atomic mass is 19.1. The van der Waals surface area contributed by atoms with Gasteiger partial charge in [-0.1, -0.05) is 12.1 Å². The second-order valence-corrected chi connectivity index (χ2v) is 8.47. The van der Waals surface area contributed by atoms with E-state index in [0.29, 0.717) is 25.3 Å². The van der Waals surface area contributed by atoms with Crippen LogP contribution < -0.4 is 4.74 Å². The zero-order valence-corrected chi connectivity index (χ0v) is 18.8. The highest BCUT2D eigenvalue weighted by Crippen LogP contribution is 2.24. The first kappa shape index (κ1) is 22.7. The molecular formula is C25H26FN3O4. The first-order valence-corrected chi connectivity index (χ1v) is 11.0. The average molecular weight is 451 g/mol. The molecule has 1 saturated heterocycles. The number of hydrogen-bond donors (Lipinski definition) is 0. The number of carbonyl (C=O) groups excluding carboxylic acids is 2. The summed E-state index contributed by atoms with van der Waals surface area (Å²) in [5, 5.41) is 9.08. The molecule has 4 rings (SSSR count). The molecule has 172 valence electrons. The van der Waals surface area contributed by atoms with Crippen LogP contribution in [-0.4, -0.2) is 61.0 Å². The van der Waals surface area contributed by atoms with Crippen LogP contribution in [0.15, 0.2) is 30.3 Å². The number of nitrogens with zero attached hydrogens (tertiary/aromatic N) is 3. The molecule has 2 aromatic carbocycles. The lowest BCUT2D eigenvalue weighted by Gasteiger charge is -2.40. The van der Waals surface area contributed by atoms with Gasteiger partial charge in [0.15, 0.2) is 0 Å². The maximum Gasteiger partial charge on any atom is 0.338 e. The number of methoxy groups -OCH3 is 1. The average Bonchev–Trinajstić information content (AvgIpc) is 3.19. The van der Waals surface area contributed by atoms with Crippen LogP contribution in [0.5, 0.6) is 5.75 Å². The van der Waals surface area contributed by atoms with E-state index in [-0.39, 0.29) is 41.2 Å². The fraction of sp³-hybridized carbons (Fsp3) is 0.400. The zero-order chi connectivity index (χ0) is 23.5. The smallest absolute Gasteiger partial charge is 0.338 e. The standard InChI is InChI=1S/C25H26FN3O4/c1-16-14-29(24(30)12-18-11-23(32-2)19(13-27)10-22(18)26)8-7-28(16)6-5-17-3-4-21-20(9-17)15-33-25(21)31/h3-4,9-11,16H,5-8,12,14-15H2,1-2H3. The van der Waals surface area contributed by atoms with Gasteiger partial charge in [0, 0.05) is 43.3 Å². The van der Waals surface area contributed by atoms with Crippen molar-refractivity contribution in [2.75, 3.05) is 33.3 Å². The third-order valence-corrected chi connectivity index (χ3v) is 6.38. The van der Waals surface area contributed by atoms with Crippen molar-refractivity contribution >= 4 is 11.9 Å². The number of piperazine rings is 1. The van der Waals surface area contributed by atoms with Gasteiger partial charge in [-0.05, 0) is 37.1 Å². The molecule has 0 bridgehead atoms. The number of hydrogen-bond acceptors (Lipinski definition) is 6. The number of carbonyl (C=O) groups is 2. The van der Waals surface area contributed by atoms with Crippen molar-refractivity contribution in [2.45, 2.75) is 32.4 Å². The summed E-state index contributed by atoms with van der Waals surface area (Å²) in [6, 6.07) is 10.4. The van der Waals surface area contributed by atoms with Crippen molar-refractivity contribution in [1.29, 1.82) is 5.26 Å². The molecule has 33 heavy (non-hydrogen) atoms. The molecule has 0 spiro atoms. The van der Waals surface area contributed by atoms with Crippen molar-refractivity contribution in [3.63, 3.8) is 0 Å². The van der Waals surface area contributed by atoms with Gasteiger partial charge in [-0.25, -0.2) is 9.18 Å². The van der Waals surface area contributed by atoms with Gasteiger partial charge in [-0.2, -0.15) is 5.26 Å². The van der Waals surface area contributed by atoms with E-state index in [1.54, 1.807) is 4.90 Å². The van der Waals surface area contributed by atoms with Gasteiger partial charge in [-0.3, -0.25) is 9.69 Å². The number of nitriles is 1. The molecule has 0 saturated carbocycles. The van der Waals surface area contributed by atoms with Crippen molar-refractivity contribution in [2.24, 2.45) is 0 Å². The van der Waals surface area contributed by atoms with Gasteiger partial charge >= 0.3 is 5.97 Å². The summed E-state index contributed by atoms with van der Waals surface area (Å²) >= 11 is 0. The minimum absolute atomic E-state index is 0.0729. The predicted molar refractivity (Wildman–Crippen MR) is 118 cm³/mol. The fourth-order valence-electron chi connectivity index (χ4n) is 4.43. The van der Waals surface area contributed by atoms with E-state index >= 15 is 0 Å². The van der Waals surface area contributed by atoms with Crippen LogP contribution in [0.1, 0.15) is 39.5 Å². The largest absolute Gasteiger partial charge is 0.495 e. The van der Waals surface area contributed by atoms with E-state index in [2.05, 4.69) is 11.8 Å². The highest BCUT2D eigenvalue weighted by Gasteiger charge is 2.27. The fourth-order valence-corrected chi connectivity index (χ4v) is 4.43. The van der Waals surface area contributed by atoms with Gasteiger partial charge in [0.05, 0.1) is 24.7 Å². The Hall–Kier alpha value is -3.44.